The van der Waals surface area contributed by atoms with Gasteiger partial charge in [0.2, 0.25) is 5.85 Å². The van der Waals surface area contributed by atoms with Crippen molar-refractivity contribution in [3.8, 4) is 0 Å². The van der Waals surface area contributed by atoms with Crippen LogP contribution in [0.5, 0.6) is 0 Å². The molecular formula is C23H21N3O3. The smallest absolute Gasteiger partial charge is 0.279 e. The third kappa shape index (κ3) is 2.39. The summed E-state index contributed by atoms with van der Waals surface area (Å²) in [5, 5.41) is 12.9. The topological polar surface area (TPSA) is 67.5 Å². The fraction of sp³-hybridized carbons (Fsp3) is 0.217. The fourth-order valence-corrected chi connectivity index (χ4v) is 4.47. The number of aromatic nitrogens is 2. The van der Waals surface area contributed by atoms with Gasteiger partial charge in [-0.25, -0.2) is 0 Å². The van der Waals surface area contributed by atoms with Gasteiger partial charge in [-0.15, -0.1) is 0 Å². The third-order valence-electron chi connectivity index (χ3n) is 5.94. The summed E-state index contributed by atoms with van der Waals surface area (Å²) in [6, 6.07) is 19.2. The predicted octanol–water partition coefficient (Wildman–Crippen LogP) is 2.81. The van der Waals surface area contributed by atoms with E-state index in [0.717, 1.165) is 21.9 Å². The Morgan fingerprint density at radius 2 is 1.66 bits per heavy atom. The molecular weight excluding hydrogens is 366 g/mol. The monoisotopic (exact) mass is 387 g/mol. The molecule has 146 valence electrons. The maximum Gasteiger partial charge on any atom is 0.279 e. The molecule has 0 spiro atoms. The largest absolute Gasteiger partial charge is 0.354 e. The van der Waals surface area contributed by atoms with Crippen molar-refractivity contribution >= 4 is 27.7 Å². The second-order valence-electron chi connectivity index (χ2n) is 7.67. The van der Waals surface area contributed by atoms with Crippen molar-refractivity contribution in [3.05, 3.63) is 82.3 Å². The Morgan fingerprint density at radius 3 is 2.41 bits per heavy atom. The lowest BCUT2D eigenvalue weighted by molar-refractivity contribution is -0.123. The van der Waals surface area contributed by atoms with Gasteiger partial charge in [0.25, 0.3) is 11.5 Å². The van der Waals surface area contributed by atoms with Crippen LogP contribution in [-0.4, -0.2) is 31.6 Å². The molecule has 0 radical (unpaired) electrons. The lowest BCUT2D eigenvalue weighted by Gasteiger charge is -2.30. The Hall–Kier alpha value is -3.38. The Labute approximate surface area is 167 Å². The molecule has 1 N–H and O–H groups in total. The van der Waals surface area contributed by atoms with E-state index in [1.807, 2.05) is 66.2 Å². The van der Waals surface area contributed by atoms with Crippen molar-refractivity contribution in [3.63, 3.8) is 0 Å². The van der Waals surface area contributed by atoms with Crippen LogP contribution in [-0.2, 0) is 19.3 Å². The van der Waals surface area contributed by atoms with Gasteiger partial charge in [-0.1, -0.05) is 48.5 Å². The van der Waals surface area contributed by atoms with Crippen molar-refractivity contribution in [2.24, 2.45) is 7.05 Å². The van der Waals surface area contributed by atoms with Crippen LogP contribution in [0.2, 0.25) is 0 Å². The molecule has 6 nitrogen and oxygen atoms in total. The van der Waals surface area contributed by atoms with Gasteiger partial charge in [0.15, 0.2) is 0 Å². The molecule has 2 aromatic carbocycles. The summed E-state index contributed by atoms with van der Waals surface area (Å²) in [6.45, 7) is 1.82. The molecule has 0 fully saturated rings. The normalized spacial score (nSPS) is 18.7. The Bertz CT molecular complexity index is 1330. The van der Waals surface area contributed by atoms with E-state index in [-0.39, 0.29) is 17.2 Å². The lowest BCUT2D eigenvalue weighted by Crippen LogP contribution is -2.48. The number of fused-ring (bicyclic) bond motifs is 4. The first-order valence-corrected chi connectivity index (χ1v) is 9.63. The Kier molecular flexibility index (Phi) is 3.70. The number of aryl methyl sites for hydroxylation is 1. The number of amides is 1. The first kappa shape index (κ1) is 17.7. The van der Waals surface area contributed by atoms with Crippen LogP contribution in [0.1, 0.15) is 23.0 Å². The van der Waals surface area contributed by atoms with Crippen molar-refractivity contribution in [1.29, 1.82) is 0 Å². The second kappa shape index (κ2) is 6.06. The van der Waals surface area contributed by atoms with E-state index >= 15 is 0 Å². The lowest BCUT2D eigenvalue weighted by atomic mass is 10.1. The highest BCUT2D eigenvalue weighted by Gasteiger charge is 2.46. The standard InChI is InChI=1S/C23H21N3O3/c1-23(29)25(13-12-15-8-4-3-5-9-15)21(27)19-14-17-16-10-6-7-11-18(16)24(2)20(17)22(28)26(19)23/h3-11,14,29H,12-13H2,1-2H3. The van der Waals surface area contributed by atoms with Crippen LogP contribution in [0.4, 0.5) is 0 Å². The zero-order valence-corrected chi connectivity index (χ0v) is 16.3. The highest BCUT2D eigenvalue weighted by molar-refractivity contribution is 6.10. The SMILES string of the molecule is Cn1c2ccccc2c2cc3n(c(=O)c21)C(C)(O)N(CCc1ccccc1)C3=O. The Morgan fingerprint density at radius 1 is 0.966 bits per heavy atom. The van der Waals surface area contributed by atoms with Crippen LogP contribution in [0.3, 0.4) is 0 Å². The van der Waals surface area contributed by atoms with Gasteiger partial charge in [-0.2, -0.15) is 0 Å². The molecule has 6 heteroatoms. The van der Waals surface area contributed by atoms with Gasteiger partial charge in [-0.3, -0.25) is 19.1 Å². The minimum Gasteiger partial charge on any atom is -0.354 e. The van der Waals surface area contributed by atoms with Gasteiger partial charge in [-0.05, 0) is 24.1 Å². The fourth-order valence-electron chi connectivity index (χ4n) is 4.47. The average Bonchev–Trinajstić information content (AvgIpc) is 3.11. The van der Waals surface area contributed by atoms with Gasteiger partial charge in [0.1, 0.15) is 11.2 Å². The van der Waals surface area contributed by atoms with Crippen molar-refractivity contribution in [2.75, 3.05) is 6.54 Å². The van der Waals surface area contributed by atoms with E-state index in [1.165, 1.54) is 16.4 Å². The summed E-state index contributed by atoms with van der Waals surface area (Å²) in [5.41, 5.74) is 2.31. The van der Waals surface area contributed by atoms with E-state index in [9.17, 15) is 14.7 Å². The minimum atomic E-state index is -1.72. The number of rotatable bonds is 3. The van der Waals surface area contributed by atoms with E-state index in [4.69, 9.17) is 0 Å². The van der Waals surface area contributed by atoms with Crippen molar-refractivity contribution < 1.29 is 9.90 Å². The van der Waals surface area contributed by atoms with Gasteiger partial charge < -0.3 is 9.67 Å². The van der Waals surface area contributed by atoms with E-state index in [0.29, 0.717) is 18.5 Å². The van der Waals surface area contributed by atoms with Crippen LogP contribution in [0.15, 0.2) is 65.5 Å². The molecule has 0 saturated heterocycles. The van der Waals surface area contributed by atoms with Gasteiger partial charge in [0, 0.05) is 36.8 Å². The number of carbonyl (C=O) groups is 1. The van der Waals surface area contributed by atoms with Crippen LogP contribution >= 0.6 is 0 Å². The van der Waals surface area contributed by atoms with E-state index in [1.54, 1.807) is 6.07 Å². The number of nitrogens with zero attached hydrogens (tertiary/aromatic N) is 3. The summed E-state index contributed by atoms with van der Waals surface area (Å²) in [7, 11) is 1.83. The molecule has 2 aromatic heterocycles. The molecule has 0 saturated carbocycles. The molecule has 0 bridgehead atoms. The molecule has 1 atom stereocenters. The maximum absolute atomic E-state index is 13.4. The quantitative estimate of drug-likeness (QED) is 0.588. The molecule has 5 rings (SSSR count). The number of pyridine rings is 1. The van der Waals surface area contributed by atoms with Crippen molar-refractivity contribution in [1.82, 2.24) is 14.0 Å². The summed E-state index contributed by atoms with van der Waals surface area (Å²) in [5.74, 6) is -2.05. The van der Waals surface area contributed by atoms with Gasteiger partial charge >= 0.3 is 0 Å². The predicted molar refractivity (Wildman–Crippen MR) is 112 cm³/mol. The molecule has 4 aromatic rings. The first-order valence-electron chi connectivity index (χ1n) is 9.63. The molecule has 1 aliphatic heterocycles. The summed E-state index contributed by atoms with van der Waals surface area (Å²) in [6.07, 6.45) is 0.591. The molecule has 29 heavy (non-hydrogen) atoms. The molecule has 1 amide bonds. The molecule has 1 aliphatic rings. The van der Waals surface area contributed by atoms with E-state index < -0.39 is 5.85 Å². The highest BCUT2D eigenvalue weighted by Crippen LogP contribution is 2.33. The molecule has 1 unspecified atom stereocenters. The second-order valence-corrected chi connectivity index (χ2v) is 7.67. The van der Waals surface area contributed by atoms with Crippen LogP contribution < -0.4 is 5.56 Å². The number of benzene rings is 2. The Balaban J connectivity index is 1.66. The van der Waals surface area contributed by atoms with Crippen LogP contribution in [0.25, 0.3) is 21.8 Å². The average molecular weight is 387 g/mol. The number of hydrogen-bond donors (Lipinski definition) is 1. The zero-order chi connectivity index (χ0) is 20.3. The third-order valence-corrected chi connectivity index (χ3v) is 5.94. The van der Waals surface area contributed by atoms with Crippen LogP contribution in [0, 0.1) is 0 Å². The van der Waals surface area contributed by atoms with Crippen molar-refractivity contribution in [2.45, 2.75) is 19.2 Å². The summed E-state index contributed by atoms with van der Waals surface area (Å²) in [4.78, 5) is 27.9. The van der Waals surface area contributed by atoms with Gasteiger partial charge in [0.05, 0.1) is 0 Å². The first-order chi connectivity index (χ1) is 13.9. The number of aliphatic hydroxyl groups is 1. The maximum atomic E-state index is 13.4. The molecule has 3 heterocycles. The zero-order valence-electron chi connectivity index (χ0n) is 16.3. The van der Waals surface area contributed by atoms with E-state index in [2.05, 4.69) is 0 Å². The summed E-state index contributed by atoms with van der Waals surface area (Å²) < 4.78 is 3.05. The molecule has 0 aliphatic carbocycles. The number of hydrogen-bond acceptors (Lipinski definition) is 3. The number of carbonyl (C=O) groups excluding carboxylic acids is 1. The number of para-hydroxylation sites is 1. The highest BCUT2D eigenvalue weighted by atomic mass is 16.3. The minimum absolute atomic E-state index is 0.219. The summed E-state index contributed by atoms with van der Waals surface area (Å²) >= 11 is 0.